The van der Waals surface area contributed by atoms with Crippen LogP contribution in [0.5, 0.6) is 0 Å². The van der Waals surface area contributed by atoms with Gasteiger partial charge in [-0.2, -0.15) is 5.26 Å². The molecule has 2 heterocycles. The molecule has 0 aliphatic heterocycles. The number of nitrogens with zero attached hydrogens (tertiary/aromatic N) is 4. The van der Waals surface area contributed by atoms with E-state index >= 15 is 0 Å². The molecule has 0 fully saturated rings. The monoisotopic (exact) mass is 610 g/mol. The Labute approximate surface area is 277 Å². The van der Waals surface area contributed by atoms with Crippen molar-refractivity contribution in [2.24, 2.45) is 0 Å². The lowest BCUT2D eigenvalue weighted by molar-refractivity contribution is 1.17. The van der Waals surface area contributed by atoms with E-state index in [9.17, 15) is 5.26 Å². The molecule has 0 unspecified atom stereocenters. The predicted molar refractivity (Wildman–Crippen MR) is 197 cm³/mol. The Balaban J connectivity index is 1.22. The van der Waals surface area contributed by atoms with Gasteiger partial charge in [0.1, 0.15) is 6.07 Å². The van der Waals surface area contributed by atoms with Crippen molar-refractivity contribution >= 4 is 49.3 Å². The van der Waals surface area contributed by atoms with E-state index in [0.29, 0.717) is 11.3 Å². The summed E-state index contributed by atoms with van der Waals surface area (Å²) in [6.07, 6.45) is 0. The molecule has 2 aromatic heterocycles. The van der Waals surface area contributed by atoms with Crippen LogP contribution in [0.4, 0.5) is 5.69 Å². The molecule has 4 nitrogen and oxygen atoms in total. The third-order valence-electron chi connectivity index (χ3n) is 9.38. The summed E-state index contributed by atoms with van der Waals surface area (Å²) >= 11 is 0. The van der Waals surface area contributed by atoms with Crippen LogP contribution >= 0.6 is 0 Å². The zero-order valence-corrected chi connectivity index (χ0v) is 25.8. The minimum Gasteiger partial charge on any atom is -0.318 e. The molecule has 0 spiro atoms. The van der Waals surface area contributed by atoms with Crippen LogP contribution in [-0.4, -0.2) is 9.13 Å². The maximum Gasteiger partial charge on any atom is 0.211 e. The highest BCUT2D eigenvalue weighted by Gasteiger charge is 2.19. The average molecular weight is 611 g/mol. The van der Waals surface area contributed by atoms with Crippen LogP contribution in [0, 0.1) is 17.9 Å². The van der Waals surface area contributed by atoms with Gasteiger partial charge in [0.2, 0.25) is 5.69 Å². The van der Waals surface area contributed by atoms with Crippen molar-refractivity contribution in [3.8, 4) is 39.7 Å². The number of fused-ring (bicyclic) bond motifs is 6. The first-order chi connectivity index (χ1) is 23.7. The molecular weight excluding hydrogens is 585 g/mol. The van der Waals surface area contributed by atoms with E-state index in [2.05, 4.69) is 135 Å². The average Bonchev–Trinajstić information content (AvgIpc) is 3.67. The smallest absolute Gasteiger partial charge is 0.211 e. The van der Waals surface area contributed by atoms with E-state index in [1.54, 1.807) is 0 Å². The highest BCUT2D eigenvalue weighted by molar-refractivity contribution is 6.11. The summed E-state index contributed by atoms with van der Waals surface area (Å²) in [5.74, 6) is 0. The van der Waals surface area contributed by atoms with Gasteiger partial charge in [-0.3, -0.25) is 0 Å². The van der Waals surface area contributed by atoms with Gasteiger partial charge < -0.3 is 9.13 Å². The number of nitriles is 1. The zero-order chi connectivity index (χ0) is 32.2. The van der Waals surface area contributed by atoms with Crippen molar-refractivity contribution in [1.29, 1.82) is 5.26 Å². The van der Waals surface area contributed by atoms with Gasteiger partial charge in [-0.1, -0.05) is 115 Å². The Kier molecular flexibility index (Phi) is 6.22. The quantitative estimate of drug-likeness (QED) is 0.183. The molecule has 0 bridgehead atoms. The number of benzene rings is 7. The van der Waals surface area contributed by atoms with E-state index in [0.717, 1.165) is 77.2 Å². The van der Waals surface area contributed by atoms with Gasteiger partial charge in [0.05, 0.1) is 45.6 Å². The SMILES string of the molecule is [C-]#[N+]c1cccc(-c2cccc(-c3ccc(-n4c5ccccc5c5ccccc54)c(C#N)c3)c2)c1-n1c2ccccc2c2ccccc21. The summed E-state index contributed by atoms with van der Waals surface area (Å²) < 4.78 is 4.42. The normalized spacial score (nSPS) is 11.3. The molecule has 0 saturated heterocycles. The third kappa shape index (κ3) is 4.07. The second kappa shape index (κ2) is 10.9. The van der Waals surface area contributed by atoms with E-state index in [1.807, 2.05) is 42.5 Å². The van der Waals surface area contributed by atoms with Crippen molar-refractivity contribution in [2.45, 2.75) is 0 Å². The number of rotatable bonds is 4. The zero-order valence-electron chi connectivity index (χ0n) is 25.8. The van der Waals surface area contributed by atoms with Crippen LogP contribution in [0.2, 0.25) is 0 Å². The fourth-order valence-corrected chi connectivity index (χ4v) is 7.30. The summed E-state index contributed by atoms with van der Waals surface area (Å²) in [7, 11) is 0. The lowest BCUT2D eigenvalue weighted by Gasteiger charge is -2.17. The molecular formula is C44H26N4. The maximum absolute atomic E-state index is 10.4. The molecule has 7 aromatic carbocycles. The van der Waals surface area contributed by atoms with Crippen molar-refractivity contribution in [1.82, 2.24) is 9.13 Å². The summed E-state index contributed by atoms with van der Waals surface area (Å²) in [4.78, 5) is 4.00. The van der Waals surface area contributed by atoms with E-state index in [1.165, 1.54) is 0 Å². The van der Waals surface area contributed by atoms with E-state index in [-0.39, 0.29) is 0 Å². The standard InChI is InChI=1S/C44H26N4/c1-46-38-19-11-18-33(44(38)48-42-22-8-4-16-36(42)37-17-5-9-23-43(37)48)31-13-10-12-29(26-31)30-24-25-39(32(27-30)28-45)47-40-20-6-2-14-34(40)35-15-3-7-21-41(35)47/h2-27H. The van der Waals surface area contributed by atoms with Crippen LogP contribution in [0.1, 0.15) is 5.56 Å². The summed E-state index contributed by atoms with van der Waals surface area (Å²) in [5.41, 5.74) is 11.1. The van der Waals surface area contributed by atoms with Gasteiger partial charge in [0.15, 0.2) is 0 Å². The lowest BCUT2D eigenvalue weighted by Crippen LogP contribution is -1.98. The van der Waals surface area contributed by atoms with E-state index < -0.39 is 0 Å². The van der Waals surface area contributed by atoms with Gasteiger partial charge in [-0.15, -0.1) is 0 Å². The molecule has 0 N–H and O–H groups in total. The number of hydrogen-bond acceptors (Lipinski definition) is 1. The van der Waals surface area contributed by atoms with Crippen molar-refractivity contribution in [3.05, 3.63) is 175 Å². The minimum absolute atomic E-state index is 0.590. The largest absolute Gasteiger partial charge is 0.318 e. The number of para-hydroxylation sites is 5. The molecule has 0 radical (unpaired) electrons. The molecule has 9 aromatic rings. The van der Waals surface area contributed by atoms with E-state index in [4.69, 9.17) is 6.57 Å². The van der Waals surface area contributed by atoms with Crippen LogP contribution in [0.25, 0.3) is 82.1 Å². The highest BCUT2D eigenvalue weighted by atomic mass is 15.0. The molecule has 48 heavy (non-hydrogen) atoms. The summed E-state index contributed by atoms with van der Waals surface area (Å²) in [6, 6.07) is 56.4. The second-order valence-electron chi connectivity index (χ2n) is 11.9. The van der Waals surface area contributed by atoms with Gasteiger partial charge in [0.25, 0.3) is 0 Å². The first-order valence-electron chi connectivity index (χ1n) is 15.9. The minimum atomic E-state index is 0.590. The fraction of sp³-hybridized carbons (Fsp3) is 0. The number of hydrogen-bond donors (Lipinski definition) is 0. The molecule has 9 rings (SSSR count). The van der Waals surface area contributed by atoms with Gasteiger partial charge >= 0.3 is 0 Å². The Morgan fingerprint density at radius 3 is 1.54 bits per heavy atom. The van der Waals surface area contributed by atoms with Crippen LogP contribution in [-0.2, 0) is 0 Å². The molecule has 0 amide bonds. The molecule has 0 saturated carbocycles. The van der Waals surface area contributed by atoms with Crippen LogP contribution < -0.4 is 0 Å². The van der Waals surface area contributed by atoms with Crippen molar-refractivity contribution < 1.29 is 0 Å². The van der Waals surface area contributed by atoms with Gasteiger partial charge in [-0.05, 0) is 64.7 Å². The molecule has 0 atom stereocenters. The third-order valence-corrected chi connectivity index (χ3v) is 9.38. The molecule has 222 valence electrons. The molecule has 0 aliphatic rings. The Morgan fingerprint density at radius 1 is 0.479 bits per heavy atom. The number of aromatic nitrogens is 2. The maximum atomic E-state index is 10.4. The first kappa shape index (κ1) is 27.4. The topological polar surface area (TPSA) is 38.0 Å². The highest BCUT2D eigenvalue weighted by Crippen LogP contribution is 2.42. The van der Waals surface area contributed by atoms with Gasteiger partial charge in [0, 0.05) is 21.5 Å². The molecule has 4 heteroatoms. The lowest BCUT2D eigenvalue weighted by atomic mass is 9.96. The summed E-state index contributed by atoms with van der Waals surface area (Å²) in [6.45, 7) is 8.14. The molecule has 0 aliphatic carbocycles. The van der Waals surface area contributed by atoms with Gasteiger partial charge in [-0.25, -0.2) is 4.85 Å². The Bertz CT molecular complexity index is 2710. The van der Waals surface area contributed by atoms with Crippen LogP contribution in [0.15, 0.2) is 158 Å². The second-order valence-corrected chi connectivity index (χ2v) is 11.9. The first-order valence-corrected chi connectivity index (χ1v) is 15.9. The van der Waals surface area contributed by atoms with Crippen molar-refractivity contribution in [2.75, 3.05) is 0 Å². The Morgan fingerprint density at radius 2 is 0.979 bits per heavy atom. The Hall–Kier alpha value is -6.88. The summed E-state index contributed by atoms with van der Waals surface area (Å²) in [5, 5.41) is 15.1. The van der Waals surface area contributed by atoms with Crippen molar-refractivity contribution in [3.63, 3.8) is 0 Å². The predicted octanol–water partition coefficient (Wildman–Crippen LogP) is 11.6. The van der Waals surface area contributed by atoms with Crippen LogP contribution in [0.3, 0.4) is 0 Å². The fourth-order valence-electron chi connectivity index (χ4n) is 7.30.